The highest BCUT2D eigenvalue weighted by Gasteiger charge is 2.32. The summed E-state index contributed by atoms with van der Waals surface area (Å²) in [4.78, 5) is 26.7. The van der Waals surface area contributed by atoms with Crippen molar-refractivity contribution < 1.29 is 31.2 Å². The molecule has 0 spiro atoms. The average Bonchev–Trinajstić information content (AvgIpc) is 2.72. The van der Waals surface area contributed by atoms with E-state index in [-0.39, 0.29) is 29.3 Å². The van der Waals surface area contributed by atoms with Crippen LogP contribution in [0.2, 0.25) is 0 Å². The number of nitrogens with one attached hydrogen (secondary N) is 1. The van der Waals surface area contributed by atoms with Crippen molar-refractivity contribution in [3.05, 3.63) is 35.4 Å². The number of carbonyl (C=O) groups excluding carboxylic acids is 2. The molecule has 7 nitrogen and oxygen atoms in total. The summed E-state index contributed by atoms with van der Waals surface area (Å²) in [5.74, 6) is -0.690. The Labute approximate surface area is 179 Å². The number of hydrogen-bond donors (Lipinski definition) is 1. The summed E-state index contributed by atoms with van der Waals surface area (Å²) in [7, 11) is -3.22. The fourth-order valence-electron chi connectivity index (χ4n) is 3.98. The molecule has 2 heterocycles. The highest BCUT2D eigenvalue weighted by Crippen LogP contribution is 2.29. The van der Waals surface area contributed by atoms with Crippen LogP contribution in [0.25, 0.3) is 0 Å². The van der Waals surface area contributed by atoms with E-state index in [0.29, 0.717) is 51.9 Å². The normalized spacial score (nSPS) is 19.9. The summed E-state index contributed by atoms with van der Waals surface area (Å²) in [6.07, 6.45) is -1.21. The summed E-state index contributed by atoms with van der Waals surface area (Å²) in [5, 5.41) is 2.99. The van der Waals surface area contributed by atoms with E-state index in [4.69, 9.17) is 0 Å². The Hall–Kier alpha value is -2.14. The van der Waals surface area contributed by atoms with Crippen LogP contribution in [0.1, 0.15) is 41.6 Å². The lowest BCUT2D eigenvalue weighted by molar-refractivity contribution is -0.137. The first kappa shape index (κ1) is 23.5. The molecule has 31 heavy (non-hydrogen) atoms. The molecule has 0 atom stereocenters. The maximum Gasteiger partial charge on any atom is 0.416 e. The van der Waals surface area contributed by atoms with E-state index in [1.165, 1.54) is 22.7 Å². The molecule has 2 saturated heterocycles. The predicted octanol–water partition coefficient (Wildman–Crippen LogP) is 2.10. The van der Waals surface area contributed by atoms with Crippen molar-refractivity contribution >= 4 is 21.8 Å². The van der Waals surface area contributed by atoms with Crippen molar-refractivity contribution in [3.63, 3.8) is 0 Å². The van der Waals surface area contributed by atoms with Crippen LogP contribution >= 0.6 is 0 Å². The SMILES string of the molecule is CS(=O)(=O)N1CCC(NC(=O)C2CCN(C(=O)c3ccc(C(F)(F)F)cc3)CC2)CC1. The number of sulfonamides is 1. The molecular formula is C20H26F3N3O4S. The number of rotatable bonds is 4. The molecule has 3 rings (SSSR count). The molecule has 0 radical (unpaired) electrons. The first-order chi connectivity index (χ1) is 14.4. The Kier molecular flexibility index (Phi) is 6.95. The topological polar surface area (TPSA) is 86.8 Å². The molecule has 2 aliphatic rings. The number of benzene rings is 1. The van der Waals surface area contributed by atoms with Crippen LogP contribution in [-0.4, -0.2) is 67.9 Å². The molecule has 0 saturated carbocycles. The third-order valence-corrected chi connectivity index (χ3v) is 7.18. The Bertz CT molecular complexity index is 903. The second-order valence-electron chi connectivity index (χ2n) is 8.09. The molecule has 2 fully saturated rings. The van der Waals surface area contributed by atoms with Gasteiger partial charge in [-0.15, -0.1) is 0 Å². The Balaban J connectivity index is 1.47. The Morgan fingerprint density at radius 1 is 0.968 bits per heavy atom. The zero-order chi connectivity index (χ0) is 22.8. The number of halogens is 3. The van der Waals surface area contributed by atoms with Crippen molar-refractivity contribution in [1.82, 2.24) is 14.5 Å². The van der Waals surface area contributed by atoms with Gasteiger partial charge in [0.1, 0.15) is 0 Å². The lowest BCUT2D eigenvalue weighted by Crippen LogP contribution is -2.49. The summed E-state index contributed by atoms with van der Waals surface area (Å²) >= 11 is 0. The Morgan fingerprint density at radius 2 is 1.52 bits per heavy atom. The van der Waals surface area contributed by atoms with Gasteiger partial charge in [0.15, 0.2) is 0 Å². The van der Waals surface area contributed by atoms with E-state index < -0.39 is 21.8 Å². The monoisotopic (exact) mass is 461 g/mol. The molecular weight excluding hydrogens is 435 g/mol. The van der Waals surface area contributed by atoms with E-state index in [1.807, 2.05) is 0 Å². The van der Waals surface area contributed by atoms with Gasteiger partial charge in [0.05, 0.1) is 11.8 Å². The lowest BCUT2D eigenvalue weighted by Gasteiger charge is -2.34. The number of piperidine rings is 2. The van der Waals surface area contributed by atoms with Gasteiger partial charge in [-0.3, -0.25) is 9.59 Å². The number of hydrogen-bond acceptors (Lipinski definition) is 4. The molecule has 1 aromatic rings. The lowest BCUT2D eigenvalue weighted by atomic mass is 9.94. The molecule has 2 amide bonds. The van der Waals surface area contributed by atoms with Crippen LogP contribution in [0.15, 0.2) is 24.3 Å². The molecule has 11 heteroatoms. The largest absolute Gasteiger partial charge is 0.416 e. The van der Waals surface area contributed by atoms with Crippen molar-refractivity contribution in [2.75, 3.05) is 32.4 Å². The van der Waals surface area contributed by atoms with Crippen LogP contribution in [0, 0.1) is 5.92 Å². The van der Waals surface area contributed by atoms with E-state index in [1.54, 1.807) is 4.90 Å². The summed E-state index contributed by atoms with van der Waals surface area (Å²) < 4.78 is 62.6. The minimum absolute atomic E-state index is 0.0719. The van der Waals surface area contributed by atoms with Crippen molar-refractivity contribution in [2.45, 2.75) is 37.9 Å². The summed E-state index contributed by atoms with van der Waals surface area (Å²) in [6, 6.07) is 4.06. The van der Waals surface area contributed by atoms with E-state index in [9.17, 15) is 31.2 Å². The smallest absolute Gasteiger partial charge is 0.353 e. The fraction of sp³-hybridized carbons (Fsp3) is 0.600. The highest BCUT2D eigenvalue weighted by atomic mass is 32.2. The number of nitrogens with zero attached hydrogens (tertiary/aromatic N) is 2. The molecule has 2 aliphatic heterocycles. The van der Waals surface area contributed by atoms with Crippen molar-refractivity contribution in [3.8, 4) is 0 Å². The second kappa shape index (κ2) is 9.15. The minimum Gasteiger partial charge on any atom is -0.353 e. The standard InChI is InChI=1S/C20H26F3N3O4S/c1-31(29,30)26-12-8-17(9-13-26)24-18(27)14-6-10-25(11-7-14)19(28)15-2-4-16(5-3-15)20(21,22)23/h2-5,14,17H,6-13H2,1H3,(H,24,27). The minimum atomic E-state index is -4.45. The zero-order valence-electron chi connectivity index (χ0n) is 17.2. The van der Waals surface area contributed by atoms with E-state index >= 15 is 0 Å². The van der Waals surface area contributed by atoms with Gasteiger partial charge in [-0.25, -0.2) is 12.7 Å². The third-order valence-electron chi connectivity index (χ3n) is 5.88. The molecule has 1 N–H and O–H groups in total. The van der Waals surface area contributed by atoms with Gasteiger partial charge in [-0.05, 0) is 49.9 Å². The first-order valence-corrected chi connectivity index (χ1v) is 12.0. The zero-order valence-corrected chi connectivity index (χ0v) is 18.0. The maximum atomic E-state index is 12.7. The van der Waals surface area contributed by atoms with Crippen molar-refractivity contribution in [1.29, 1.82) is 0 Å². The number of amides is 2. The van der Waals surface area contributed by atoms with Gasteiger partial charge in [0.25, 0.3) is 5.91 Å². The summed E-state index contributed by atoms with van der Waals surface area (Å²) in [5.41, 5.74) is -0.615. The molecule has 0 unspecified atom stereocenters. The molecule has 0 aromatic heterocycles. The van der Waals surface area contributed by atoms with Gasteiger partial charge in [-0.1, -0.05) is 0 Å². The third kappa shape index (κ3) is 5.97. The first-order valence-electron chi connectivity index (χ1n) is 10.2. The Morgan fingerprint density at radius 3 is 2.00 bits per heavy atom. The van der Waals surface area contributed by atoms with Crippen molar-refractivity contribution in [2.24, 2.45) is 5.92 Å². The van der Waals surface area contributed by atoms with Gasteiger partial charge >= 0.3 is 6.18 Å². The van der Waals surface area contributed by atoms with Gasteiger partial charge in [-0.2, -0.15) is 13.2 Å². The van der Waals surface area contributed by atoms with Crippen LogP contribution in [0.4, 0.5) is 13.2 Å². The van der Waals surface area contributed by atoms with Crippen LogP contribution < -0.4 is 5.32 Å². The highest BCUT2D eigenvalue weighted by molar-refractivity contribution is 7.88. The molecule has 0 bridgehead atoms. The van der Waals surface area contributed by atoms with Crippen LogP contribution in [-0.2, 0) is 21.0 Å². The fourth-order valence-corrected chi connectivity index (χ4v) is 4.85. The molecule has 1 aromatic carbocycles. The predicted molar refractivity (Wildman–Crippen MR) is 108 cm³/mol. The van der Waals surface area contributed by atoms with Crippen LogP contribution in [0.3, 0.4) is 0 Å². The average molecular weight is 462 g/mol. The maximum absolute atomic E-state index is 12.7. The van der Waals surface area contributed by atoms with Gasteiger partial charge < -0.3 is 10.2 Å². The second-order valence-corrected chi connectivity index (χ2v) is 10.1. The van der Waals surface area contributed by atoms with E-state index in [0.717, 1.165) is 12.1 Å². The number of alkyl halides is 3. The molecule has 172 valence electrons. The quantitative estimate of drug-likeness (QED) is 0.744. The summed E-state index contributed by atoms with van der Waals surface area (Å²) in [6.45, 7) is 1.46. The van der Waals surface area contributed by atoms with Crippen LogP contribution in [0.5, 0.6) is 0 Å². The van der Waals surface area contributed by atoms with E-state index in [2.05, 4.69) is 5.32 Å². The number of likely N-dealkylation sites (tertiary alicyclic amines) is 1. The van der Waals surface area contributed by atoms with Gasteiger partial charge in [0.2, 0.25) is 15.9 Å². The molecule has 0 aliphatic carbocycles. The van der Waals surface area contributed by atoms with Gasteiger partial charge in [0, 0.05) is 43.7 Å². The number of carbonyl (C=O) groups is 2.